The van der Waals surface area contributed by atoms with Crippen LogP contribution in [-0.4, -0.2) is 30.9 Å². The number of hydrogen-bond acceptors (Lipinski definition) is 5. The molecule has 0 bridgehead atoms. The van der Waals surface area contributed by atoms with Crippen LogP contribution >= 0.6 is 0 Å². The first-order valence-electron chi connectivity index (χ1n) is 7.78. The van der Waals surface area contributed by atoms with Gasteiger partial charge in [-0.3, -0.25) is 14.4 Å². The second-order valence-corrected chi connectivity index (χ2v) is 5.45. The molecule has 0 saturated carbocycles. The van der Waals surface area contributed by atoms with Gasteiger partial charge in [-0.1, -0.05) is 17.7 Å². The number of esters is 1. The molecule has 7 nitrogen and oxygen atoms in total. The third kappa shape index (κ3) is 5.76. The molecule has 2 N–H and O–H groups in total. The summed E-state index contributed by atoms with van der Waals surface area (Å²) in [7, 11) is 0. The minimum atomic E-state index is -0.721. The molecule has 0 unspecified atom stereocenters. The predicted octanol–water partition coefficient (Wildman–Crippen LogP) is 1.78. The van der Waals surface area contributed by atoms with Crippen LogP contribution in [0.1, 0.15) is 21.5 Å². The zero-order valence-electron chi connectivity index (χ0n) is 14.1. The molecule has 0 aliphatic carbocycles. The zero-order valence-corrected chi connectivity index (χ0v) is 14.1. The van der Waals surface area contributed by atoms with Crippen LogP contribution < -0.4 is 10.6 Å². The van der Waals surface area contributed by atoms with Gasteiger partial charge in [0.25, 0.3) is 11.8 Å². The molecule has 0 saturated heterocycles. The molecule has 0 radical (unpaired) electrons. The molecule has 0 heterocycles. The molecule has 0 aliphatic rings. The van der Waals surface area contributed by atoms with Gasteiger partial charge in [-0.25, -0.2) is 0 Å². The summed E-state index contributed by atoms with van der Waals surface area (Å²) in [5, 5.41) is 13.7. The van der Waals surface area contributed by atoms with Crippen LogP contribution in [0.5, 0.6) is 0 Å². The van der Waals surface area contributed by atoms with E-state index in [-0.39, 0.29) is 6.54 Å². The smallest absolute Gasteiger partial charge is 0.325 e. The number of nitriles is 1. The summed E-state index contributed by atoms with van der Waals surface area (Å²) in [4.78, 5) is 35.3. The topological polar surface area (TPSA) is 108 Å². The Hall–Kier alpha value is -3.66. The number of anilines is 1. The van der Waals surface area contributed by atoms with Crippen LogP contribution in [0, 0.1) is 18.3 Å². The van der Waals surface area contributed by atoms with Crippen molar-refractivity contribution in [3.05, 3.63) is 65.2 Å². The summed E-state index contributed by atoms with van der Waals surface area (Å²) in [6.07, 6.45) is 0. The van der Waals surface area contributed by atoms with Crippen molar-refractivity contribution in [2.45, 2.75) is 6.92 Å². The van der Waals surface area contributed by atoms with Crippen molar-refractivity contribution in [1.82, 2.24) is 5.32 Å². The highest BCUT2D eigenvalue weighted by atomic mass is 16.5. The Labute approximate surface area is 150 Å². The van der Waals surface area contributed by atoms with E-state index in [9.17, 15) is 14.4 Å². The number of nitrogens with one attached hydrogen (secondary N) is 2. The number of carbonyl (C=O) groups is 3. The van der Waals surface area contributed by atoms with Crippen LogP contribution in [0.2, 0.25) is 0 Å². The standard InChI is InChI=1S/C19H17N3O4/c1-13-3-2-4-15(9-13)19(25)21-11-18(24)26-12-17(23)22-16-7-5-14(10-20)6-8-16/h2-9H,11-12H2,1H3,(H,21,25)(H,22,23). The zero-order chi connectivity index (χ0) is 18.9. The lowest BCUT2D eigenvalue weighted by atomic mass is 10.1. The maximum atomic E-state index is 11.9. The number of carbonyl (C=O) groups excluding carboxylic acids is 3. The van der Waals surface area contributed by atoms with Gasteiger partial charge in [0.1, 0.15) is 6.54 Å². The molecular weight excluding hydrogens is 334 g/mol. The fraction of sp³-hybridized carbons (Fsp3) is 0.158. The van der Waals surface area contributed by atoms with Gasteiger partial charge in [-0.05, 0) is 43.3 Å². The lowest BCUT2D eigenvalue weighted by molar-refractivity contribution is -0.146. The predicted molar refractivity (Wildman–Crippen MR) is 94.3 cm³/mol. The maximum absolute atomic E-state index is 11.9. The Kier molecular flexibility index (Phi) is 6.46. The first-order valence-corrected chi connectivity index (χ1v) is 7.78. The number of benzene rings is 2. The van der Waals surface area contributed by atoms with E-state index < -0.39 is 24.4 Å². The number of aryl methyl sites for hydroxylation is 1. The highest BCUT2D eigenvalue weighted by molar-refractivity contribution is 5.96. The molecule has 7 heteroatoms. The van der Waals surface area contributed by atoms with E-state index in [1.807, 2.05) is 19.1 Å². The molecule has 2 aromatic rings. The van der Waals surface area contributed by atoms with Crippen molar-refractivity contribution in [1.29, 1.82) is 5.26 Å². The number of amides is 2. The van der Waals surface area contributed by atoms with E-state index in [4.69, 9.17) is 10.00 Å². The summed E-state index contributed by atoms with van der Waals surface area (Å²) < 4.78 is 4.81. The minimum absolute atomic E-state index is 0.336. The van der Waals surface area contributed by atoms with Gasteiger partial charge in [0.2, 0.25) is 0 Å². The molecule has 2 aromatic carbocycles. The average Bonchev–Trinajstić information content (AvgIpc) is 2.65. The number of nitrogens with zero attached hydrogens (tertiary/aromatic N) is 1. The van der Waals surface area contributed by atoms with Gasteiger partial charge in [-0.15, -0.1) is 0 Å². The van der Waals surface area contributed by atoms with Gasteiger partial charge >= 0.3 is 5.97 Å². The van der Waals surface area contributed by atoms with Crippen LogP contribution in [0.15, 0.2) is 48.5 Å². The SMILES string of the molecule is Cc1cccc(C(=O)NCC(=O)OCC(=O)Nc2ccc(C#N)cc2)c1. The van der Waals surface area contributed by atoms with Crippen molar-refractivity contribution in [3.8, 4) is 6.07 Å². The van der Waals surface area contributed by atoms with Crippen LogP contribution in [0.4, 0.5) is 5.69 Å². The molecule has 2 rings (SSSR count). The third-order valence-corrected chi connectivity index (χ3v) is 3.34. The Morgan fingerprint density at radius 2 is 1.85 bits per heavy atom. The summed E-state index contributed by atoms with van der Waals surface area (Å²) in [6, 6.07) is 15.2. The van der Waals surface area contributed by atoms with Crippen molar-refractivity contribution in [2.24, 2.45) is 0 Å². The van der Waals surface area contributed by atoms with Gasteiger partial charge in [0, 0.05) is 11.3 Å². The monoisotopic (exact) mass is 351 g/mol. The molecule has 0 aromatic heterocycles. The largest absolute Gasteiger partial charge is 0.454 e. The first-order chi connectivity index (χ1) is 12.5. The third-order valence-electron chi connectivity index (χ3n) is 3.34. The summed E-state index contributed by atoms with van der Waals surface area (Å²) >= 11 is 0. The minimum Gasteiger partial charge on any atom is -0.454 e. The van der Waals surface area contributed by atoms with Crippen LogP contribution in [0.25, 0.3) is 0 Å². The molecule has 0 atom stereocenters. The van der Waals surface area contributed by atoms with Crippen molar-refractivity contribution < 1.29 is 19.1 Å². The summed E-state index contributed by atoms with van der Waals surface area (Å²) in [6.45, 7) is 1.05. The van der Waals surface area contributed by atoms with E-state index >= 15 is 0 Å². The molecule has 26 heavy (non-hydrogen) atoms. The number of ether oxygens (including phenoxy) is 1. The van der Waals surface area contributed by atoms with Crippen molar-refractivity contribution in [2.75, 3.05) is 18.5 Å². The molecule has 132 valence electrons. The highest BCUT2D eigenvalue weighted by Crippen LogP contribution is 2.08. The number of hydrogen-bond donors (Lipinski definition) is 2. The lowest BCUT2D eigenvalue weighted by Crippen LogP contribution is -2.32. The normalized spacial score (nSPS) is 9.69. The van der Waals surface area contributed by atoms with Gasteiger partial charge < -0.3 is 15.4 Å². The Morgan fingerprint density at radius 3 is 2.50 bits per heavy atom. The molecular formula is C19H17N3O4. The second kappa shape index (κ2) is 8.99. The molecule has 2 amide bonds. The van der Waals surface area contributed by atoms with Gasteiger partial charge in [0.15, 0.2) is 6.61 Å². The quantitative estimate of drug-likeness (QED) is 0.771. The van der Waals surface area contributed by atoms with Crippen LogP contribution in [-0.2, 0) is 14.3 Å². The Bertz CT molecular complexity index is 854. The fourth-order valence-electron chi connectivity index (χ4n) is 2.06. The summed E-state index contributed by atoms with van der Waals surface area (Å²) in [5.41, 5.74) is 2.33. The maximum Gasteiger partial charge on any atom is 0.325 e. The van der Waals surface area contributed by atoms with Crippen molar-refractivity contribution >= 4 is 23.5 Å². The van der Waals surface area contributed by atoms with E-state index in [0.29, 0.717) is 16.8 Å². The van der Waals surface area contributed by atoms with E-state index in [2.05, 4.69) is 10.6 Å². The Morgan fingerprint density at radius 1 is 1.12 bits per heavy atom. The molecule has 0 spiro atoms. The van der Waals surface area contributed by atoms with Crippen molar-refractivity contribution in [3.63, 3.8) is 0 Å². The summed E-state index contributed by atoms with van der Waals surface area (Å²) in [5.74, 6) is -1.64. The van der Waals surface area contributed by atoms with E-state index in [0.717, 1.165) is 5.56 Å². The van der Waals surface area contributed by atoms with E-state index in [1.165, 1.54) is 0 Å². The molecule has 0 fully saturated rings. The van der Waals surface area contributed by atoms with Gasteiger partial charge in [-0.2, -0.15) is 5.26 Å². The number of rotatable bonds is 6. The molecule has 0 aliphatic heterocycles. The highest BCUT2D eigenvalue weighted by Gasteiger charge is 2.11. The fourth-order valence-corrected chi connectivity index (χ4v) is 2.06. The van der Waals surface area contributed by atoms with E-state index in [1.54, 1.807) is 42.5 Å². The lowest BCUT2D eigenvalue weighted by Gasteiger charge is -2.08. The second-order valence-electron chi connectivity index (χ2n) is 5.45. The average molecular weight is 351 g/mol. The first kappa shape index (κ1) is 18.7. The van der Waals surface area contributed by atoms with Crippen LogP contribution in [0.3, 0.4) is 0 Å². The Balaban J connectivity index is 1.73. The van der Waals surface area contributed by atoms with Gasteiger partial charge in [0.05, 0.1) is 11.6 Å².